The molecule has 0 unspecified atom stereocenters. The second kappa shape index (κ2) is 6.14. The monoisotopic (exact) mass is 362 g/mol. The summed E-state index contributed by atoms with van der Waals surface area (Å²) in [5.74, 6) is 0.146. The number of nitrogens with one attached hydrogen (secondary N) is 1. The molecule has 1 aromatic carbocycles. The number of pyridine rings is 1. The fourth-order valence-corrected chi connectivity index (χ4v) is 4.65. The van der Waals surface area contributed by atoms with Gasteiger partial charge in [-0.25, -0.2) is 4.98 Å². The number of thiophene rings is 1. The minimum atomic E-state index is 0.146. The maximum absolute atomic E-state index is 12.9. The van der Waals surface area contributed by atoms with Crippen LogP contribution in [0.5, 0.6) is 0 Å². The third-order valence-electron chi connectivity index (χ3n) is 4.98. The molecule has 1 fully saturated rings. The van der Waals surface area contributed by atoms with E-state index in [4.69, 9.17) is 0 Å². The van der Waals surface area contributed by atoms with E-state index in [0.29, 0.717) is 0 Å². The molecule has 3 aromatic heterocycles. The molecular formula is C20H18N4OS. The fraction of sp³-hybridized carbons (Fsp3) is 0.200. The second-order valence-corrected chi connectivity index (χ2v) is 7.58. The van der Waals surface area contributed by atoms with E-state index in [1.807, 2.05) is 35.5 Å². The molecule has 26 heavy (non-hydrogen) atoms. The third kappa shape index (κ3) is 2.54. The van der Waals surface area contributed by atoms with Gasteiger partial charge in [-0.05, 0) is 29.7 Å². The molecule has 130 valence electrons. The molecule has 1 saturated heterocycles. The van der Waals surface area contributed by atoms with Crippen molar-refractivity contribution in [3.05, 3.63) is 59.7 Å². The Hall–Kier alpha value is -2.86. The van der Waals surface area contributed by atoms with Gasteiger partial charge >= 0.3 is 0 Å². The van der Waals surface area contributed by atoms with E-state index >= 15 is 0 Å². The van der Waals surface area contributed by atoms with Crippen LogP contribution in [-0.2, 0) is 0 Å². The van der Waals surface area contributed by atoms with Crippen molar-refractivity contribution >= 4 is 44.1 Å². The van der Waals surface area contributed by atoms with E-state index in [1.165, 1.54) is 10.4 Å². The van der Waals surface area contributed by atoms with Gasteiger partial charge in [-0.3, -0.25) is 4.79 Å². The minimum Gasteiger partial charge on any atom is -0.367 e. The zero-order chi connectivity index (χ0) is 17.5. The smallest absolute Gasteiger partial charge is 0.264 e. The highest BCUT2D eigenvalue weighted by Crippen LogP contribution is 2.28. The highest BCUT2D eigenvalue weighted by atomic mass is 32.1. The van der Waals surface area contributed by atoms with Crippen molar-refractivity contribution in [1.82, 2.24) is 14.9 Å². The van der Waals surface area contributed by atoms with Crippen LogP contribution in [0, 0.1) is 0 Å². The minimum absolute atomic E-state index is 0.146. The molecule has 1 aliphatic heterocycles. The van der Waals surface area contributed by atoms with E-state index in [9.17, 15) is 4.79 Å². The van der Waals surface area contributed by atoms with Gasteiger partial charge in [-0.2, -0.15) is 0 Å². The summed E-state index contributed by atoms with van der Waals surface area (Å²) in [5.41, 5.74) is 2.09. The number of piperazine rings is 1. The van der Waals surface area contributed by atoms with E-state index < -0.39 is 0 Å². The number of aromatic amines is 1. The summed E-state index contributed by atoms with van der Waals surface area (Å²) in [7, 11) is 0. The highest BCUT2D eigenvalue weighted by molar-refractivity contribution is 7.20. The van der Waals surface area contributed by atoms with Crippen LogP contribution < -0.4 is 4.90 Å². The number of carbonyl (C=O) groups is 1. The molecule has 0 radical (unpaired) electrons. The first-order valence-corrected chi connectivity index (χ1v) is 9.56. The maximum atomic E-state index is 12.9. The molecular weight excluding hydrogens is 344 g/mol. The number of nitrogens with zero attached hydrogens (tertiary/aromatic N) is 3. The molecule has 0 spiro atoms. The van der Waals surface area contributed by atoms with Crippen LogP contribution in [0.25, 0.3) is 21.1 Å². The first kappa shape index (κ1) is 15.4. The van der Waals surface area contributed by atoms with E-state index in [0.717, 1.165) is 47.5 Å². The van der Waals surface area contributed by atoms with Crippen molar-refractivity contribution in [3.63, 3.8) is 0 Å². The van der Waals surface area contributed by atoms with Gasteiger partial charge in [0.1, 0.15) is 5.65 Å². The quantitative estimate of drug-likeness (QED) is 0.591. The van der Waals surface area contributed by atoms with Gasteiger partial charge in [0.15, 0.2) is 0 Å². The summed E-state index contributed by atoms with van der Waals surface area (Å²) in [5, 5.41) is 2.28. The lowest BCUT2D eigenvalue weighted by molar-refractivity contribution is 0.0752. The molecule has 0 bridgehead atoms. The molecule has 0 aliphatic carbocycles. The Bertz CT molecular complexity index is 1060. The molecule has 5 rings (SSSR count). The first-order valence-electron chi connectivity index (χ1n) is 8.74. The Kier molecular flexibility index (Phi) is 3.64. The number of benzene rings is 1. The maximum Gasteiger partial charge on any atom is 0.264 e. The summed E-state index contributed by atoms with van der Waals surface area (Å²) in [4.78, 5) is 25.5. The molecule has 6 heteroatoms. The standard InChI is InChI=1S/C20H18N4OS/c25-20(18-13-14-3-1-2-4-17(14)26-18)24-11-9-23(10-12-24)16-6-8-22-19-15(16)5-7-21-19/h1-8,13H,9-12H2,(H,21,22). The molecule has 0 saturated carbocycles. The van der Waals surface area contributed by atoms with Crippen LogP contribution in [0.4, 0.5) is 5.69 Å². The predicted octanol–water partition coefficient (Wildman–Crippen LogP) is 3.74. The van der Waals surface area contributed by atoms with Crippen LogP contribution in [0.3, 0.4) is 0 Å². The van der Waals surface area contributed by atoms with Gasteiger partial charge in [0.25, 0.3) is 5.91 Å². The number of anilines is 1. The Morgan fingerprint density at radius 1 is 1.08 bits per heavy atom. The van der Waals surface area contributed by atoms with Crippen molar-refractivity contribution in [3.8, 4) is 0 Å². The van der Waals surface area contributed by atoms with Crippen LogP contribution >= 0.6 is 11.3 Å². The Morgan fingerprint density at radius 2 is 1.92 bits per heavy atom. The number of amides is 1. The van der Waals surface area contributed by atoms with Crippen LogP contribution in [0.2, 0.25) is 0 Å². The number of hydrogen-bond donors (Lipinski definition) is 1. The number of H-pyrrole nitrogens is 1. The number of hydrogen-bond acceptors (Lipinski definition) is 4. The molecule has 0 atom stereocenters. The topological polar surface area (TPSA) is 52.2 Å². The second-order valence-electron chi connectivity index (χ2n) is 6.50. The van der Waals surface area contributed by atoms with Crippen LogP contribution in [0.1, 0.15) is 9.67 Å². The van der Waals surface area contributed by atoms with Gasteiger partial charge in [0.2, 0.25) is 0 Å². The lowest BCUT2D eigenvalue weighted by atomic mass is 10.2. The predicted molar refractivity (Wildman–Crippen MR) is 106 cm³/mol. The van der Waals surface area contributed by atoms with Crippen molar-refractivity contribution in [1.29, 1.82) is 0 Å². The normalized spacial score (nSPS) is 15.1. The van der Waals surface area contributed by atoms with Gasteiger partial charge in [-0.15, -0.1) is 11.3 Å². The van der Waals surface area contributed by atoms with E-state index in [1.54, 1.807) is 11.3 Å². The molecule has 1 aliphatic rings. The zero-order valence-corrected chi connectivity index (χ0v) is 15.0. The average Bonchev–Trinajstić information content (AvgIpc) is 3.34. The lowest BCUT2D eigenvalue weighted by Crippen LogP contribution is -2.48. The van der Waals surface area contributed by atoms with Gasteiger partial charge < -0.3 is 14.8 Å². The number of carbonyl (C=O) groups excluding carboxylic acids is 1. The van der Waals surface area contributed by atoms with E-state index in [-0.39, 0.29) is 5.91 Å². The number of fused-ring (bicyclic) bond motifs is 2. The van der Waals surface area contributed by atoms with Crippen LogP contribution in [-0.4, -0.2) is 47.0 Å². The Labute approximate surface area is 154 Å². The van der Waals surface area contributed by atoms with Crippen LogP contribution in [0.15, 0.2) is 54.9 Å². The zero-order valence-electron chi connectivity index (χ0n) is 14.2. The van der Waals surface area contributed by atoms with Crippen molar-refractivity contribution in [2.75, 3.05) is 31.1 Å². The van der Waals surface area contributed by atoms with E-state index in [2.05, 4.69) is 39.1 Å². The molecule has 4 aromatic rings. The summed E-state index contributed by atoms with van der Waals surface area (Å²) in [6.07, 6.45) is 3.76. The largest absolute Gasteiger partial charge is 0.367 e. The molecule has 4 heterocycles. The number of aromatic nitrogens is 2. The number of rotatable bonds is 2. The Balaban J connectivity index is 1.33. The average molecular weight is 362 g/mol. The highest BCUT2D eigenvalue weighted by Gasteiger charge is 2.24. The van der Waals surface area contributed by atoms with Crippen molar-refractivity contribution in [2.24, 2.45) is 0 Å². The third-order valence-corrected chi connectivity index (χ3v) is 6.09. The van der Waals surface area contributed by atoms with Gasteiger partial charge in [-0.1, -0.05) is 18.2 Å². The summed E-state index contributed by atoms with van der Waals surface area (Å²) in [6.45, 7) is 3.14. The summed E-state index contributed by atoms with van der Waals surface area (Å²) >= 11 is 1.58. The molecule has 5 nitrogen and oxygen atoms in total. The molecule has 1 amide bonds. The summed E-state index contributed by atoms with van der Waals surface area (Å²) in [6, 6.07) is 14.3. The summed E-state index contributed by atoms with van der Waals surface area (Å²) < 4.78 is 1.17. The van der Waals surface area contributed by atoms with Crippen molar-refractivity contribution in [2.45, 2.75) is 0 Å². The Morgan fingerprint density at radius 3 is 2.77 bits per heavy atom. The fourth-order valence-electron chi connectivity index (χ4n) is 3.62. The SMILES string of the molecule is O=C(c1cc2ccccc2s1)N1CCN(c2ccnc3[nH]ccc23)CC1. The van der Waals surface area contributed by atoms with Gasteiger partial charge in [0, 0.05) is 54.3 Å². The lowest BCUT2D eigenvalue weighted by Gasteiger charge is -2.36. The molecule has 1 N–H and O–H groups in total. The van der Waals surface area contributed by atoms with Gasteiger partial charge in [0.05, 0.1) is 4.88 Å². The first-order chi connectivity index (χ1) is 12.8. The van der Waals surface area contributed by atoms with Crippen molar-refractivity contribution < 1.29 is 4.79 Å².